The number of hydrogen-bond acceptors (Lipinski definition) is 3. The van der Waals surface area contributed by atoms with Crippen LogP contribution in [0, 0.1) is 0 Å². The fraction of sp³-hybridized carbons (Fsp3) is 0.471. The molecule has 0 saturated heterocycles. The van der Waals surface area contributed by atoms with Crippen LogP contribution >= 0.6 is 22.9 Å². The maximum atomic E-state index is 6.25. The van der Waals surface area contributed by atoms with Crippen molar-refractivity contribution in [2.24, 2.45) is 0 Å². The van der Waals surface area contributed by atoms with E-state index in [0.717, 1.165) is 17.0 Å². The Labute approximate surface area is 135 Å². The second-order valence-electron chi connectivity index (χ2n) is 5.67. The smallest absolute Gasteiger partial charge is 0.0622 e. The Bertz CT molecular complexity index is 585. The molecule has 3 rings (SSSR count). The van der Waals surface area contributed by atoms with Gasteiger partial charge in [-0.05, 0) is 62.4 Å². The molecule has 2 heterocycles. The first-order chi connectivity index (χ1) is 10.3. The van der Waals surface area contributed by atoms with Gasteiger partial charge in [0.15, 0.2) is 0 Å². The van der Waals surface area contributed by atoms with E-state index in [0.29, 0.717) is 6.04 Å². The van der Waals surface area contributed by atoms with Gasteiger partial charge in [-0.25, -0.2) is 0 Å². The van der Waals surface area contributed by atoms with E-state index in [9.17, 15) is 0 Å². The van der Waals surface area contributed by atoms with Crippen molar-refractivity contribution in [3.63, 3.8) is 0 Å². The minimum absolute atomic E-state index is 0.335. The zero-order valence-corrected chi connectivity index (χ0v) is 13.9. The van der Waals surface area contributed by atoms with Crippen LogP contribution in [0.3, 0.4) is 0 Å². The summed E-state index contributed by atoms with van der Waals surface area (Å²) >= 11 is 8.23. The molecule has 2 nitrogen and oxygen atoms in total. The number of thiophene rings is 1. The van der Waals surface area contributed by atoms with Crippen molar-refractivity contribution in [3.05, 3.63) is 50.4 Å². The third-order valence-electron chi connectivity index (χ3n) is 4.24. The number of aryl methyl sites for hydroxylation is 2. The molecule has 112 valence electrons. The predicted molar refractivity (Wildman–Crippen MR) is 90.3 cm³/mol. The third kappa shape index (κ3) is 3.47. The first kappa shape index (κ1) is 15.0. The zero-order chi connectivity index (χ0) is 14.7. The van der Waals surface area contributed by atoms with Crippen LogP contribution in [0.15, 0.2) is 24.5 Å². The van der Waals surface area contributed by atoms with Crippen molar-refractivity contribution in [2.45, 2.75) is 44.6 Å². The number of aromatic nitrogens is 1. The minimum atomic E-state index is 0.335. The van der Waals surface area contributed by atoms with E-state index < -0.39 is 0 Å². The van der Waals surface area contributed by atoms with Gasteiger partial charge in [0.25, 0.3) is 0 Å². The van der Waals surface area contributed by atoms with E-state index in [1.54, 1.807) is 16.6 Å². The summed E-state index contributed by atoms with van der Waals surface area (Å²) in [7, 11) is 2.03. The Morgan fingerprint density at radius 1 is 1.33 bits per heavy atom. The van der Waals surface area contributed by atoms with Crippen LogP contribution in [0.2, 0.25) is 5.02 Å². The molecule has 0 aromatic carbocycles. The Morgan fingerprint density at radius 3 is 3.00 bits per heavy atom. The van der Waals surface area contributed by atoms with Crippen LogP contribution < -0.4 is 5.32 Å². The summed E-state index contributed by atoms with van der Waals surface area (Å²) in [6.07, 6.45) is 11.0. The van der Waals surface area contributed by atoms with E-state index in [1.165, 1.54) is 37.0 Å². The van der Waals surface area contributed by atoms with E-state index >= 15 is 0 Å². The summed E-state index contributed by atoms with van der Waals surface area (Å²) in [6, 6.07) is 4.77. The molecule has 1 N–H and O–H groups in total. The van der Waals surface area contributed by atoms with Gasteiger partial charge >= 0.3 is 0 Å². The van der Waals surface area contributed by atoms with Gasteiger partial charge in [0.2, 0.25) is 0 Å². The molecular weight excluding hydrogens is 300 g/mol. The standard InChI is InChI=1S/C17H21ClN2S/c1-19-15(9-12-7-8-20-11-14(12)18)17-10-13-5-3-2-4-6-16(13)21-17/h7-8,10-11,15,19H,2-6,9H2,1H3. The molecule has 1 atom stereocenters. The van der Waals surface area contributed by atoms with Crippen LogP contribution in [0.25, 0.3) is 0 Å². The highest BCUT2D eigenvalue weighted by atomic mass is 35.5. The van der Waals surface area contributed by atoms with Gasteiger partial charge in [-0.1, -0.05) is 18.0 Å². The van der Waals surface area contributed by atoms with E-state index in [2.05, 4.69) is 16.4 Å². The molecule has 2 aromatic rings. The number of nitrogens with zero attached hydrogens (tertiary/aromatic N) is 1. The van der Waals surface area contributed by atoms with Gasteiger partial charge in [-0.2, -0.15) is 0 Å². The molecule has 2 aromatic heterocycles. The van der Waals surface area contributed by atoms with Crippen LogP contribution in [0.1, 0.15) is 46.2 Å². The lowest BCUT2D eigenvalue weighted by Crippen LogP contribution is -2.18. The van der Waals surface area contributed by atoms with Gasteiger partial charge in [0.1, 0.15) is 0 Å². The summed E-state index contributed by atoms with van der Waals surface area (Å²) in [5.41, 5.74) is 2.74. The Hall–Kier alpha value is -0.900. The fourth-order valence-corrected chi connectivity index (χ4v) is 4.56. The Morgan fingerprint density at radius 2 is 2.19 bits per heavy atom. The summed E-state index contributed by atoms with van der Waals surface area (Å²) in [4.78, 5) is 7.11. The number of nitrogens with one attached hydrogen (secondary N) is 1. The maximum absolute atomic E-state index is 6.25. The maximum Gasteiger partial charge on any atom is 0.0622 e. The van der Waals surface area contributed by atoms with E-state index in [-0.39, 0.29) is 0 Å². The lowest BCUT2D eigenvalue weighted by atomic mass is 10.0. The van der Waals surface area contributed by atoms with Crippen molar-refractivity contribution in [2.75, 3.05) is 7.05 Å². The molecule has 0 saturated carbocycles. The number of likely N-dealkylation sites (N-methyl/N-ethyl adjacent to an activating group) is 1. The molecule has 0 radical (unpaired) electrons. The highest BCUT2D eigenvalue weighted by Gasteiger charge is 2.18. The van der Waals surface area contributed by atoms with Crippen molar-refractivity contribution in [3.8, 4) is 0 Å². The van der Waals surface area contributed by atoms with Crippen LogP contribution in [-0.2, 0) is 19.3 Å². The first-order valence-electron chi connectivity index (χ1n) is 7.65. The molecule has 0 bridgehead atoms. The monoisotopic (exact) mass is 320 g/mol. The van der Waals surface area contributed by atoms with Crippen LogP contribution in [-0.4, -0.2) is 12.0 Å². The molecule has 21 heavy (non-hydrogen) atoms. The molecule has 1 aliphatic rings. The third-order valence-corrected chi connectivity index (χ3v) is 5.93. The first-order valence-corrected chi connectivity index (χ1v) is 8.84. The zero-order valence-electron chi connectivity index (χ0n) is 12.4. The topological polar surface area (TPSA) is 24.9 Å². The quantitative estimate of drug-likeness (QED) is 0.835. The van der Waals surface area contributed by atoms with Gasteiger partial charge in [0, 0.05) is 28.2 Å². The second kappa shape index (κ2) is 6.91. The molecular formula is C17H21ClN2S. The lowest BCUT2D eigenvalue weighted by molar-refractivity contribution is 0.601. The predicted octanol–water partition coefficient (Wildman–Crippen LogP) is 4.57. The van der Waals surface area contributed by atoms with Gasteiger partial charge in [-0.15, -0.1) is 11.3 Å². The molecule has 1 aliphatic carbocycles. The number of rotatable bonds is 4. The molecule has 4 heteroatoms. The average molecular weight is 321 g/mol. The number of halogens is 1. The lowest BCUT2D eigenvalue weighted by Gasteiger charge is -2.15. The minimum Gasteiger partial charge on any atom is -0.312 e. The molecule has 0 aliphatic heterocycles. The highest BCUT2D eigenvalue weighted by molar-refractivity contribution is 7.12. The second-order valence-corrected chi connectivity index (χ2v) is 7.25. The molecule has 1 unspecified atom stereocenters. The SMILES string of the molecule is CNC(Cc1ccncc1Cl)c1cc2c(s1)CCCCC2. The van der Waals surface area contributed by atoms with E-state index in [1.807, 2.05) is 30.6 Å². The summed E-state index contributed by atoms with van der Waals surface area (Å²) in [6.45, 7) is 0. The molecule has 0 amide bonds. The number of hydrogen-bond donors (Lipinski definition) is 1. The summed E-state index contributed by atoms with van der Waals surface area (Å²) in [5, 5.41) is 4.21. The molecule has 0 fully saturated rings. The van der Waals surface area contributed by atoms with Gasteiger partial charge in [0.05, 0.1) is 5.02 Å². The normalized spacial score (nSPS) is 16.3. The Kier molecular flexibility index (Phi) is 4.94. The summed E-state index contributed by atoms with van der Waals surface area (Å²) < 4.78 is 0. The van der Waals surface area contributed by atoms with Crippen molar-refractivity contribution in [1.29, 1.82) is 0 Å². The largest absolute Gasteiger partial charge is 0.312 e. The van der Waals surface area contributed by atoms with Crippen molar-refractivity contribution >= 4 is 22.9 Å². The van der Waals surface area contributed by atoms with Gasteiger partial charge < -0.3 is 5.32 Å². The fourth-order valence-electron chi connectivity index (χ4n) is 3.00. The average Bonchev–Trinajstić information content (AvgIpc) is 2.77. The van der Waals surface area contributed by atoms with Crippen LogP contribution in [0.4, 0.5) is 0 Å². The van der Waals surface area contributed by atoms with Crippen molar-refractivity contribution in [1.82, 2.24) is 10.3 Å². The van der Waals surface area contributed by atoms with Crippen LogP contribution in [0.5, 0.6) is 0 Å². The van der Waals surface area contributed by atoms with Crippen molar-refractivity contribution < 1.29 is 0 Å². The Balaban J connectivity index is 1.82. The van der Waals surface area contributed by atoms with Gasteiger partial charge in [-0.3, -0.25) is 4.98 Å². The highest BCUT2D eigenvalue weighted by Crippen LogP contribution is 2.34. The summed E-state index contributed by atoms with van der Waals surface area (Å²) in [5.74, 6) is 0. The molecule has 0 spiro atoms. The van der Waals surface area contributed by atoms with E-state index in [4.69, 9.17) is 11.6 Å². The number of fused-ring (bicyclic) bond motifs is 1. The number of pyridine rings is 1.